The summed E-state index contributed by atoms with van der Waals surface area (Å²) in [7, 11) is 0. The molecule has 2 bridgehead atoms. The number of nitrogens with zero attached hydrogens (tertiary/aromatic N) is 2. The first-order chi connectivity index (χ1) is 12.2. The Hall–Kier alpha value is -1.75. The number of hydrogen-bond donors (Lipinski definition) is 2. The lowest BCUT2D eigenvalue weighted by Gasteiger charge is -2.27. The number of hydrogen-bond acceptors (Lipinski definition) is 3. The lowest BCUT2D eigenvalue weighted by molar-refractivity contribution is 0.0992. The van der Waals surface area contributed by atoms with Gasteiger partial charge in [0.1, 0.15) is 0 Å². The number of para-hydroxylation sites is 1. The second kappa shape index (κ2) is 7.24. The lowest BCUT2D eigenvalue weighted by atomic mass is 9.96. The van der Waals surface area contributed by atoms with Crippen molar-refractivity contribution < 1.29 is 4.74 Å². The quantitative estimate of drug-likeness (QED) is 0.637. The Labute approximate surface area is 150 Å². The predicted octanol–water partition coefficient (Wildman–Crippen LogP) is 2.31. The molecule has 136 valence electrons. The molecule has 0 amide bonds. The monoisotopic (exact) mass is 342 g/mol. The summed E-state index contributed by atoms with van der Waals surface area (Å²) in [6.45, 7) is 7.17. The van der Waals surface area contributed by atoms with Gasteiger partial charge in [-0.25, -0.2) is 0 Å². The number of rotatable bonds is 5. The first-order valence-electron chi connectivity index (χ1n) is 9.79. The highest BCUT2D eigenvalue weighted by Gasteiger charge is 2.41. The molecule has 1 aromatic rings. The van der Waals surface area contributed by atoms with Crippen LogP contribution in [0.2, 0.25) is 0 Å². The van der Waals surface area contributed by atoms with Crippen LogP contribution in [0.3, 0.4) is 0 Å². The highest BCUT2D eigenvalue weighted by Crippen LogP contribution is 2.34. The third kappa shape index (κ3) is 3.47. The molecule has 0 aliphatic carbocycles. The fourth-order valence-electron chi connectivity index (χ4n) is 4.43. The zero-order chi connectivity index (χ0) is 17.2. The normalized spacial score (nSPS) is 29.0. The van der Waals surface area contributed by atoms with Crippen LogP contribution in [0.25, 0.3) is 0 Å². The van der Waals surface area contributed by atoms with E-state index >= 15 is 0 Å². The van der Waals surface area contributed by atoms with Gasteiger partial charge in [-0.05, 0) is 51.2 Å². The molecule has 2 N–H and O–H groups in total. The molecule has 5 heteroatoms. The van der Waals surface area contributed by atoms with Crippen LogP contribution in [0.15, 0.2) is 29.3 Å². The van der Waals surface area contributed by atoms with Crippen molar-refractivity contribution >= 4 is 11.6 Å². The lowest BCUT2D eigenvalue weighted by Crippen LogP contribution is -2.48. The van der Waals surface area contributed by atoms with Crippen LogP contribution in [-0.2, 0) is 11.2 Å². The maximum absolute atomic E-state index is 5.96. The first kappa shape index (κ1) is 16.7. The molecular formula is C20H30N4O. The van der Waals surface area contributed by atoms with Crippen molar-refractivity contribution in [3.8, 4) is 0 Å². The van der Waals surface area contributed by atoms with Crippen molar-refractivity contribution in [1.82, 2.24) is 10.6 Å². The summed E-state index contributed by atoms with van der Waals surface area (Å²) >= 11 is 0. The third-order valence-electron chi connectivity index (χ3n) is 5.74. The van der Waals surface area contributed by atoms with E-state index in [9.17, 15) is 0 Å². The third-order valence-corrected chi connectivity index (χ3v) is 5.74. The molecule has 0 radical (unpaired) electrons. The fourth-order valence-corrected chi connectivity index (χ4v) is 4.43. The van der Waals surface area contributed by atoms with Crippen LogP contribution >= 0.6 is 0 Å². The van der Waals surface area contributed by atoms with E-state index in [2.05, 4.69) is 53.6 Å². The Bertz CT molecular complexity index is 632. The maximum Gasteiger partial charge on any atom is 0.191 e. The second-order valence-corrected chi connectivity index (χ2v) is 7.50. The number of fused-ring (bicyclic) bond motifs is 3. The molecule has 2 saturated heterocycles. The SMILES string of the molecule is CCNC(=NCC(C)N1CCc2ccccc21)NC1CC2CCC1O2. The second-order valence-electron chi connectivity index (χ2n) is 7.50. The van der Waals surface area contributed by atoms with E-state index in [0.717, 1.165) is 38.4 Å². The van der Waals surface area contributed by atoms with Gasteiger partial charge in [0.05, 0.1) is 24.8 Å². The number of benzene rings is 1. The Morgan fingerprint density at radius 3 is 3.00 bits per heavy atom. The van der Waals surface area contributed by atoms with Crippen molar-refractivity contribution in [2.45, 2.75) is 63.8 Å². The minimum absolute atomic E-state index is 0.372. The standard InChI is InChI=1S/C20H30N4O/c1-3-21-20(23-17-12-16-8-9-19(17)25-16)22-13-14(2)24-11-10-15-6-4-5-7-18(15)24/h4-7,14,16-17,19H,3,8-13H2,1-2H3,(H2,21,22,23). The molecule has 3 heterocycles. The summed E-state index contributed by atoms with van der Waals surface area (Å²) in [6.07, 6.45) is 5.50. The van der Waals surface area contributed by atoms with Crippen molar-refractivity contribution in [3.63, 3.8) is 0 Å². The summed E-state index contributed by atoms with van der Waals surface area (Å²) in [6, 6.07) is 9.56. The molecule has 25 heavy (non-hydrogen) atoms. The predicted molar refractivity (Wildman–Crippen MR) is 102 cm³/mol. The fraction of sp³-hybridized carbons (Fsp3) is 0.650. The van der Waals surface area contributed by atoms with Gasteiger partial charge < -0.3 is 20.3 Å². The number of nitrogens with one attached hydrogen (secondary N) is 2. The van der Waals surface area contributed by atoms with Crippen molar-refractivity contribution in [3.05, 3.63) is 29.8 Å². The van der Waals surface area contributed by atoms with E-state index in [0.29, 0.717) is 24.3 Å². The summed E-state index contributed by atoms with van der Waals surface area (Å²) < 4.78 is 5.96. The average molecular weight is 342 g/mol. The largest absolute Gasteiger partial charge is 0.373 e. The van der Waals surface area contributed by atoms with E-state index in [1.807, 2.05) is 0 Å². The molecule has 4 unspecified atom stereocenters. The van der Waals surface area contributed by atoms with Gasteiger partial charge in [0.2, 0.25) is 0 Å². The Balaban J connectivity index is 1.38. The maximum atomic E-state index is 5.96. The van der Waals surface area contributed by atoms with E-state index in [1.165, 1.54) is 24.1 Å². The number of aliphatic imine (C=N–C) groups is 1. The molecule has 4 rings (SSSR count). The highest BCUT2D eigenvalue weighted by molar-refractivity contribution is 5.80. The van der Waals surface area contributed by atoms with Gasteiger partial charge in [-0.3, -0.25) is 4.99 Å². The molecule has 0 aromatic heterocycles. The molecule has 1 aromatic carbocycles. The summed E-state index contributed by atoms with van der Waals surface area (Å²) in [5.41, 5.74) is 2.84. The van der Waals surface area contributed by atoms with Crippen LogP contribution in [0.5, 0.6) is 0 Å². The Morgan fingerprint density at radius 2 is 2.24 bits per heavy atom. The Morgan fingerprint density at radius 1 is 1.36 bits per heavy atom. The van der Waals surface area contributed by atoms with Gasteiger partial charge in [0.15, 0.2) is 5.96 Å². The van der Waals surface area contributed by atoms with Crippen molar-refractivity contribution in [1.29, 1.82) is 0 Å². The van der Waals surface area contributed by atoms with E-state index in [4.69, 9.17) is 9.73 Å². The Kier molecular flexibility index (Phi) is 4.84. The van der Waals surface area contributed by atoms with Gasteiger partial charge in [0.25, 0.3) is 0 Å². The van der Waals surface area contributed by atoms with Crippen LogP contribution in [-0.4, -0.2) is 49.9 Å². The van der Waals surface area contributed by atoms with Gasteiger partial charge in [-0.1, -0.05) is 18.2 Å². The molecule has 0 saturated carbocycles. The summed E-state index contributed by atoms with van der Waals surface area (Å²) in [5, 5.41) is 7.01. The molecular weight excluding hydrogens is 312 g/mol. The molecule has 0 spiro atoms. The average Bonchev–Trinajstić information content (AvgIpc) is 3.34. The van der Waals surface area contributed by atoms with Crippen LogP contribution in [0, 0.1) is 0 Å². The molecule has 5 nitrogen and oxygen atoms in total. The number of ether oxygens (including phenoxy) is 1. The topological polar surface area (TPSA) is 48.9 Å². The summed E-state index contributed by atoms with van der Waals surface area (Å²) in [4.78, 5) is 7.36. The smallest absolute Gasteiger partial charge is 0.191 e. The van der Waals surface area contributed by atoms with Crippen LogP contribution in [0.1, 0.15) is 38.7 Å². The zero-order valence-corrected chi connectivity index (χ0v) is 15.4. The molecule has 3 aliphatic rings. The van der Waals surface area contributed by atoms with Gasteiger partial charge in [-0.2, -0.15) is 0 Å². The molecule has 4 atom stereocenters. The van der Waals surface area contributed by atoms with Crippen LogP contribution < -0.4 is 15.5 Å². The van der Waals surface area contributed by atoms with Gasteiger partial charge in [0, 0.05) is 24.8 Å². The van der Waals surface area contributed by atoms with Crippen molar-refractivity contribution in [2.75, 3.05) is 24.5 Å². The minimum atomic E-state index is 0.372. The van der Waals surface area contributed by atoms with Gasteiger partial charge in [-0.15, -0.1) is 0 Å². The van der Waals surface area contributed by atoms with Crippen molar-refractivity contribution in [2.24, 2.45) is 4.99 Å². The van der Waals surface area contributed by atoms with Crippen LogP contribution in [0.4, 0.5) is 5.69 Å². The minimum Gasteiger partial charge on any atom is -0.373 e. The van der Waals surface area contributed by atoms with E-state index < -0.39 is 0 Å². The zero-order valence-electron chi connectivity index (χ0n) is 15.4. The highest BCUT2D eigenvalue weighted by atomic mass is 16.5. The molecule has 2 fully saturated rings. The van der Waals surface area contributed by atoms with E-state index in [-0.39, 0.29) is 0 Å². The molecule has 3 aliphatic heterocycles. The number of guanidine groups is 1. The first-order valence-corrected chi connectivity index (χ1v) is 9.79. The van der Waals surface area contributed by atoms with E-state index in [1.54, 1.807) is 0 Å². The van der Waals surface area contributed by atoms with Gasteiger partial charge >= 0.3 is 0 Å². The number of anilines is 1. The summed E-state index contributed by atoms with van der Waals surface area (Å²) in [5.74, 6) is 0.933.